The number of carboxylic acids is 2. The summed E-state index contributed by atoms with van der Waals surface area (Å²) in [5, 5.41) is 18.5. The van der Waals surface area contributed by atoms with Gasteiger partial charge in [-0.05, 0) is 43.2 Å². The zero-order valence-corrected chi connectivity index (χ0v) is 22.7. The summed E-state index contributed by atoms with van der Waals surface area (Å²) in [5.41, 5.74) is 4.00. The highest BCUT2D eigenvalue weighted by molar-refractivity contribution is 5.95. The molecule has 11 nitrogen and oxygen atoms in total. The zero-order chi connectivity index (χ0) is 30.2. The van der Waals surface area contributed by atoms with Crippen LogP contribution in [-0.2, 0) is 30.4 Å². The molecule has 218 valence electrons. The van der Waals surface area contributed by atoms with Gasteiger partial charge in [-0.3, -0.25) is 11.3 Å². The molecule has 0 saturated carbocycles. The molecule has 2 unspecified atom stereocenters. The van der Waals surface area contributed by atoms with Gasteiger partial charge in [-0.2, -0.15) is 0 Å². The maximum absolute atomic E-state index is 12.0. The van der Waals surface area contributed by atoms with Crippen molar-refractivity contribution in [2.75, 3.05) is 0 Å². The Balaban J connectivity index is 0.000000333. The Morgan fingerprint density at radius 2 is 1.12 bits per heavy atom. The summed E-state index contributed by atoms with van der Waals surface area (Å²) in [7, 11) is 0. The Labute approximate surface area is 237 Å². The average molecular weight is 567 g/mol. The molecule has 0 radical (unpaired) electrons. The first-order chi connectivity index (χ1) is 19.7. The van der Waals surface area contributed by atoms with Crippen LogP contribution in [0.2, 0.25) is 0 Å². The van der Waals surface area contributed by atoms with Crippen molar-refractivity contribution >= 4 is 23.9 Å². The summed E-state index contributed by atoms with van der Waals surface area (Å²) in [6, 6.07) is 25.2. The van der Waals surface area contributed by atoms with Crippen molar-refractivity contribution in [3.8, 4) is 0 Å². The van der Waals surface area contributed by atoms with E-state index in [0.717, 1.165) is 6.42 Å². The van der Waals surface area contributed by atoms with Crippen LogP contribution in [0.25, 0.3) is 0 Å². The Bertz CT molecular complexity index is 1170. The second kappa shape index (κ2) is 17.2. The number of benzene rings is 3. The van der Waals surface area contributed by atoms with E-state index in [0.29, 0.717) is 6.61 Å². The number of ether oxygens (including phenoxy) is 3. The molecule has 41 heavy (non-hydrogen) atoms. The second-order valence-electron chi connectivity index (χ2n) is 8.74. The van der Waals surface area contributed by atoms with Gasteiger partial charge in [0, 0.05) is 6.04 Å². The predicted octanol–water partition coefficient (Wildman–Crippen LogP) is 3.44. The van der Waals surface area contributed by atoms with Crippen LogP contribution in [0, 0.1) is 0 Å². The van der Waals surface area contributed by atoms with Crippen molar-refractivity contribution in [2.45, 2.75) is 51.2 Å². The minimum Gasteiger partial charge on any atom is -0.478 e. The molecule has 0 aliphatic heterocycles. The Hall–Kier alpha value is -4.58. The summed E-state index contributed by atoms with van der Waals surface area (Å²) in [6.45, 7) is 4.77. The molecule has 0 saturated heterocycles. The fourth-order valence-corrected chi connectivity index (χ4v) is 3.50. The molecule has 0 heterocycles. The van der Waals surface area contributed by atoms with Crippen LogP contribution in [0.5, 0.6) is 0 Å². The molecule has 3 aromatic carbocycles. The molecule has 0 spiro atoms. The standard InChI is InChI=1S/C18H14O8.C12H20N2O/c19-15(20)13(25-17(23)11-7-3-1-4-8-11)14(16(21)22)26-18(24)12-9-5-2-6-10-12;1-3-12(14-13)10(2)15-9-11-7-5-4-6-8-11/h1-10,13-14H,(H,19,20)(H,21,22);4-8,10,12,14H,3,9,13H2,1-2H3/t;10-,12-/m.0/s1. The number of aliphatic carboxylic acids is 2. The first-order valence-corrected chi connectivity index (χ1v) is 12.8. The summed E-state index contributed by atoms with van der Waals surface area (Å²) >= 11 is 0. The van der Waals surface area contributed by atoms with Crippen molar-refractivity contribution in [1.82, 2.24) is 5.43 Å². The number of esters is 2. The van der Waals surface area contributed by atoms with Gasteiger partial charge < -0.3 is 24.4 Å². The normalized spacial score (nSPS) is 13.3. The maximum Gasteiger partial charge on any atom is 0.349 e. The van der Waals surface area contributed by atoms with Gasteiger partial charge in [-0.1, -0.05) is 73.7 Å². The molecule has 0 amide bonds. The minimum atomic E-state index is -2.21. The van der Waals surface area contributed by atoms with Crippen LogP contribution in [-0.4, -0.2) is 58.4 Å². The number of nitrogens with two attached hydrogens (primary N) is 1. The highest BCUT2D eigenvalue weighted by Crippen LogP contribution is 2.13. The van der Waals surface area contributed by atoms with Crippen LogP contribution < -0.4 is 11.3 Å². The van der Waals surface area contributed by atoms with Crippen LogP contribution in [0.3, 0.4) is 0 Å². The molecule has 0 aliphatic rings. The molecule has 0 aliphatic carbocycles. The molecule has 4 atom stereocenters. The smallest absolute Gasteiger partial charge is 0.349 e. The third-order valence-electron chi connectivity index (χ3n) is 5.83. The first kappa shape index (κ1) is 32.6. The molecule has 11 heteroatoms. The topological polar surface area (TPSA) is 174 Å². The molecule has 0 fully saturated rings. The van der Waals surface area contributed by atoms with Crippen LogP contribution in [0.1, 0.15) is 46.5 Å². The van der Waals surface area contributed by atoms with Crippen LogP contribution >= 0.6 is 0 Å². The van der Waals surface area contributed by atoms with Gasteiger partial charge in [0.05, 0.1) is 23.8 Å². The van der Waals surface area contributed by atoms with E-state index >= 15 is 0 Å². The van der Waals surface area contributed by atoms with E-state index in [1.807, 2.05) is 25.1 Å². The van der Waals surface area contributed by atoms with E-state index in [-0.39, 0.29) is 23.3 Å². The lowest BCUT2D eigenvalue weighted by Gasteiger charge is -2.22. The molecule has 0 bridgehead atoms. The summed E-state index contributed by atoms with van der Waals surface area (Å²) in [5.74, 6) is -0.211. The number of hydrazine groups is 1. The number of carbonyl (C=O) groups excluding carboxylic acids is 2. The molecule has 3 aromatic rings. The maximum atomic E-state index is 12.0. The van der Waals surface area contributed by atoms with Gasteiger partial charge in [0.1, 0.15) is 0 Å². The number of hydrogen-bond acceptors (Lipinski definition) is 9. The third-order valence-corrected chi connectivity index (χ3v) is 5.83. The summed E-state index contributed by atoms with van der Waals surface area (Å²) in [4.78, 5) is 46.8. The molecule has 0 aromatic heterocycles. The predicted molar refractivity (Wildman–Crippen MR) is 149 cm³/mol. The number of rotatable bonds is 13. The Kier molecular flexibility index (Phi) is 13.7. The van der Waals surface area contributed by atoms with Crippen LogP contribution in [0.15, 0.2) is 91.0 Å². The number of carboxylic acid groups (broad SMARTS) is 2. The number of carbonyl (C=O) groups is 4. The molecule has 5 N–H and O–H groups in total. The molecular weight excluding hydrogens is 532 g/mol. The van der Waals surface area contributed by atoms with Crippen molar-refractivity contribution in [3.05, 3.63) is 108 Å². The lowest BCUT2D eigenvalue weighted by atomic mass is 10.1. The van der Waals surface area contributed by atoms with E-state index in [1.165, 1.54) is 54.1 Å². The van der Waals surface area contributed by atoms with E-state index in [4.69, 9.17) is 20.1 Å². The van der Waals surface area contributed by atoms with Gasteiger partial charge >= 0.3 is 23.9 Å². The quantitative estimate of drug-likeness (QED) is 0.135. The minimum absolute atomic E-state index is 0.0253. The fraction of sp³-hybridized carbons (Fsp3) is 0.267. The highest BCUT2D eigenvalue weighted by atomic mass is 16.6. The number of hydrogen-bond donors (Lipinski definition) is 4. The SMILES string of the molecule is CC[C@H](NN)[C@H](C)OCc1ccccc1.O=C(OC(C(=O)O)C(OC(=O)c1ccccc1)C(=O)O)c1ccccc1. The lowest BCUT2D eigenvalue weighted by molar-refractivity contribution is -0.166. The largest absolute Gasteiger partial charge is 0.478 e. The van der Waals surface area contributed by atoms with Crippen molar-refractivity contribution in [3.63, 3.8) is 0 Å². The number of nitrogens with one attached hydrogen (secondary N) is 1. The summed E-state index contributed by atoms with van der Waals surface area (Å²) < 4.78 is 15.3. The summed E-state index contributed by atoms with van der Waals surface area (Å²) in [6.07, 6.45) is -3.34. The van der Waals surface area contributed by atoms with Gasteiger partial charge in [0.15, 0.2) is 0 Å². The van der Waals surface area contributed by atoms with E-state index < -0.39 is 36.1 Å². The van der Waals surface area contributed by atoms with Crippen molar-refractivity contribution in [1.29, 1.82) is 0 Å². The average Bonchev–Trinajstić information content (AvgIpc) is 2.99. The van der Waals surface area contributed by atoms with Gasteiger partial charge in [-0.15, -0.1) is 0 Å². The Morgan fingerprint density at radius 3 is 1.46 bits per heavy atom. The Morgan fingerprint density at radius 1 is 0.732 bits per heavy atom. The van der Waals surface area contributed by atoms with Crippen molar-refractivity contribution in [2.24, 2.45) is 5.84 Å². The van der Waals surface area contributed by atoms with Gasteiger partial charge in [-0.25, -0.2) is 19.2 Å². The first-order valence-electron chi connectivity index (χ1n) is 12.8. The van der Waals surface area contributed by atoms with E-state index in [1.54, 1.807) is 12.1 Å². The van der Waals surface area contributed by atoms with Crippen LogP contribution in [0.4, 0.5) is 0 Å². The molecular formula is C30H34N2O9. The lowest BCUT2D eigenvalue weighted by Crippen LogP contribution is -2.45. The van der Waals surface area contributed by atoms with Crippen molar-refractivity contribution < 1.29 is 43.6 Å². The highest BCUT2D eigenvalue weighted by Gasteiger charge is 2.41. The second-order valence-corrected chi connectivity index (χ2v) is 8.74. The van der Waals surface area contributed by atoms with E-state index in [9.17, 15) is 29.4 Å². The monoisotopic (exact) mass is 566 g/mol. The zero-order valence-electron chi connectivity index (χ0n) is 22.7. The fourth-order valence-electron chi connectivity index (χ4n) is 3.50. The third kappa shape index (κ3) is 10.8. The van der Waals surface area contributed by atoms with E-state index in [2.05, 4.69) is 24.5 Å². The van der Waals surface area contributed by atoms with Gasteiger partial charge in [0.2, 0.25) is 12.2 Å². The molecule has 3 rings (SSSR count). The van der Waals surface area contributed by atoms with Gasteiger partial charge in [0.25, 0.3) is 0 Å².